The Kier molecular flexibility index (Phi) is 4.75. The van der Waals surface area contributed by atoms with Gasteiger partial charge in [-0.15, -0.1) is 0 Å². The minimum absolute atomic E-state index is 0.0532. The van der Waals surface area contributed by atoms with E-state index in [2.05, 4.69) is 4.74 Å². The summed E-state index contributed by atoms with van der Waals surface area (Å²) in [4.78, 5) is 23.8. The van der Waals surface area contributed by atoms with Crippen molar-refractivity contribution in [3.8, 4) is 0 Å². The maximum Gasteiger partial charge on any atom is 0.340 e. The first-order valence-electron chi connectivity index (χ1n) is 7.94. The van der Waals surface area contributed by atoms with Gasteiger partial charge >= 0.3 is 11.9 Å². The van der Waals surface area contributed by atoms with Gasteiger partial charge in [0.2, 0.25) is 0 Å². The average molecular weight is 387 g/mol. The molecule has 27 heavy (non-hydrogen) atoms. The Morgan fingerprint density at radius 2 is 1.63 bits per heavy atom. The standard InChI is InChI=1S/C19H17NO6S/c1-12-8-9-13(18(21)25-2)10-17(12)27(23,24)20-11-15(19(22)26-3)14-6-4-5-7-16(14)20/h4-11H,1-3H3. The highest BCUT2D eigenvalue weighted by molar-refractivity contribution is 7.90. The fraction of sp³-hybridized carbons (Fsp3) is 0.158. The maximum absolute atomic E-state index is 13.3. The molecule has 0 aliphatic heterocycles. The molecular formula is C19H17NO6S. The number of methoxy groups -OCH3 is 2. The number of hydrogen-bond acceptors (Lipinski definition) is 6. The minimum Gasteiger partial charge on any atom is -0.465 e. The van der Waals surface area contributed by atoms with Crippen LogP contribution in [0, 0.1) is 6.92 Å². The quantitative estimate of drug-likeness (QED) is 0.639. The van der Waals surface area contributed by atoms with Gasteiger partial charge in [0.15, 0.2) is 0 Å². The van der Waals surface area contributed by atoms with Crippen LogP contribution in [0.2, 0.25) is 0 Å². The Bertz CT molecular complexity index is 1160. The van der Waals surface area contributed by atoms with Crippen LogP contribution in [-0.2, 0) is 19.5 Å². The molecule has 0 radical (unpaired) electrons. The summed E-state index contributed by atoms with van der Waals surface area (Å²) in [6.07, 6.45) is 1.23. The summed E-state index contributed by atoms with van der Waals surface area (Å²) >= 11 is 0. The number of aromatic nitrogens is 1. The first kappa shape index (κ1) is 18.7. The van der Waals surface area contributed by atoms with E-state index in [1.54, 1.807) is 31.2 Å². The zero-order valence-electron chi connectivity index (χ0n) is 14.9. The summed E-state index contributed by atoms with van der Waals surface area (Å²) in [5, 5.41) is 0.453. The van der Waals surface area contributed by atoms with Crippen molar-refractivity contribution in [2.45, 2.75) is 11.8 Å². The third-order valence-corrected chi connectivity index (χ3v) is 6.05. The monoisotopic (exact) mass is 387 g/mol. The van der Waals surface area contributed by atoms with Crippen LogP contribution in [0.1, 0.15) is 26.3 Å². The van der Waals surface area contributed by atoms with Gasteiger partial charge < -0.3 is 9.47 Å². The fourth-order valence-electron chi connectivity index (χ4n) is 2.85. The molecule has 1 aromatic heterocycles. The van der Waals surface area contributed by atoms with E-state index in [4.69, 9.17) is 4.74 Å². The molecule has 0 saturated carbocycles. The normalized spacial score (nSPS) is 11.4. The van der Waals surface area contributed by atoms with Crippen molar-refractivity contribution in [2.75, 3.05) is 14.2 Å². The van der Waals surface area contributed by atoms with E-state index >= 15 is 0 Å². The highest BCUT2D eigenvalue weighted by atomic mass is 32.2. The van der Waals surface area contributed by atoms with Crippen LogP contribution >= 0.6 is 0 Å². The van der Waals surface area contributed by atoms with Gasteiger partial charge in [-0.05, 0) is 30.7 Å². The van der Waals surface area contributed by atoms with E-state index in [1.807, 2.05) is 0 Å². The Balaban J connectivity index is 2.28. The van der Waals surface area contributed by atoms with Crippen molar-refractivity contribution in [3.63, 3.8) is 0 Å². The summed E-state index contributed by atoms with van der Waals surface area (Å²) in [6, 6.07) is 10.9. The number of benzene rings is 2. The van der Waals surface area contributed by atoms with Gasteiger partial charge in [-0.1, -0.05) is 24.3 Å². The summed E-state index contributed by atoms with van der Waals surface area (Å²) in [7, 11) is -1.63. The lowest BCUT2D eigenvalue weighted by Gasteiger charge is -2.11. The zero-order chi connectivity index (χ0) is 19.8. The van der Waals surface area contributed by atoms with E-state index in [9.17, 15) is 18.0 Å². The SMILES string of the molecule is COC(=O)c1ccc(C)c(S(=O)(=O)n2cc(C(=O)OC)c3ccccc32)c1. The first-order valence-corrected chi connectivity index (χ1v) is 9.38. The van der Waals surface area contributed by atoms with Gasteiger partial charge in [-0.2, -0.15) is 0 Å². The van der Waals surface area contributed by atoms with E-state index < -0.39 is 22.0 Å². The molecule has 0 unspecified atom stereocenters. The van der Waals surface area contributed by atoms with Crippen LogP contribution < -0.4 is 0 Å². The lowest BCUT2D eigenvalue weighted by molar-refractivity contribution is 0.0592. The molecule has 0 N–H and O–H groups in total. The number of esters is 2. The molecule has 1 heterocycles. The molecule has 2 aromatic carbocycles. The summed E-state index contributed by atoms with van der Waals surface area (Å²) in [5.74, 6) is -1.28. The Morgan fingerprint density at radius 3 is 2.30 bits per heavy atom. The number of rotatable bonds is 4. The predicted molar refractivity (Wildman–Crippen MR) is 98.4 cm³/mol. The van der Waals surface area contributed by atoms with Crippen molar-refractivity contribution in [3.05, 3.63) is 65.4 Å². The Labute approximate surface area is 156 Å². The van der Waals surface area contributed by atoms with E-state index in [1.165, 1.54) is 38.6 Å². The van der Waals surface area contributed by atoms with Crippen LogP contribution in [0.5, 0.6) is 0 Å². The second-order valence-electron chi connectivity index (χ2n) is 5.82. The van der Waals surface area contributed by atoms with E-state index in [0.29, 0.717) is 16.5 Å². The topological polar surface area (TPSA) is 91.7 Å². The molecule has 140 valence electrons. The molecule has 0 atom stereocenters. The number of hydrogen-bond donors (Lipinski definition) is 0. The van der Waals surface area contributed by atoms with Gasteiger partial charge in [-0.25, -0.2) is 22.0 Å². The molecule has 0 aliphatic rings. The van der Waals surface area contributed by atoms with Crippen LogP contribution in [0.4, 0.5) is 0 Å². The molecule has 8 heteroatoms. The minimum atomic E-state index is -4.08. The van der Waals surface area contributed by atoms with Crippen molar-refractivity contribution in [1.82, 2.24) is 3.97 Å². The van der Waals surface area contributed by atoms with Crippen molar-refractivity contribution in [1.29, 1.82) is 0 Å². The number of para-hydroxylation sites is 1. The number of aryl methyl sites for hydroxylation is 1. The van der Waals surface area contributed by atoms with Gasteiger partial charge in [-0.3, -0.25) is 0 Å². The van der Waals surface area contributed by atoms with Gasteiger partial charge in [0, 0.05) is 11.6 Å². The Hall–Kier alpha value is -3.13. The molecule has 0 bridgehead atoms. The number of fused-ring (bicyclic) bond motifs is 1. The zero-order valence-corrected chi connectivity index (χ0v) is 15.7. The number of carbonyl (C=O) groups excluding carboxylic acids is 2. The number of carbonyl (C=O) groups is 2. The van der Waals surface area contributed by atoms with Crippen LogP contribution in [0.15, 0.2) is 53.6 Å². The van der Waals surface area contributed by atoms with Crippen LogP contribution in [0.3, 0.4) is 0 Å². The van der Waals surface area contributed by atoms with Gasteiger partial charge in [0.05, 0.1) is 35.8 Å². The molecule has 3 aromatic rings. The Morgan fingerprint density at radius 1 is 0.963 bits per heavy atom. The second-order valence-corrected chi connectivity index (χ2v) is 7.61. The molecule has 0 saturated heterocycles. The largest absolute Gasteiger partial charge is 0.465 e. The highest BCUT2D eigenvalue weighted by Crippen LogP contribution is 2.28. The molecule has 0 fully saturated rings. The first-order chi connectivity index (χ1) is 12.8. The van der Waals surface area contributed by atoms with Crippen LogP contribution in [-0.4, -0.2) is 38.5 Å². The van der Waals surface area contributed by atoms with Crippen molar-refractivity contribution >= 4 is 32.9 Å². The van der Waals surface area contributed by atoms with E-state index in [-0.39, 0.29) is 16.0 Å². The fourth-order valence-corrected chi connectivity index (χ4v) is 4.48. The second kappa shape index (κ2) is 6.88. The lowest BCUT2D eigenvalue weighted by atomic mass is 10.1. The predicted octanol–water partition coefficient (Wildman–Crippen LogP) is 2.76. The van der Waals surface area contributed by atoms with E-state index in [0.717, 1.165) is 3.97 Å². The third kappa shape index (κ3) is 3.08. The molecule has 3 rings (SSSR count). The van der Waals surface area contributed by atoms with Gasteiger partial charge in [0.1, 0.15) is 0 Å². The van der Waals surface area contributed by atoms with Crippen LogP contribution in [0.25, 0.3) is 10.9 Å². The smallest absolute Gasteiger partial charge is 0.340 e. The summed E-state index contributed by atoms with van der Waals surface area (Å²) in [5.41, 5.74) is 1.05. The molecular weight excluding hydrogens is 370 g/mol. The molecule has 0 aliphatic carbocycles. The molecule has 7 nitrogen and oxygen atoms in total. The summed E-state index contributed by atoms with van der Waals surface area (Å²) < 4.78 is 37.1. The van der Waals surface area contributed by atoms with Crippen molar-refractivity contribution < 1.29 is 27.5 Å². The summed E-state index contributed by atoms with van der Waals surface area (Å²) in [6.45, 7) is 1.63. The molecule has 0 spiro atoms. The molecule has 0 amide bonds. The number of nitrogens with zero attached hydrogens (tertiary/aromatic N) is 1. The third-order valence-electron chi connectivity index (χ3n) is 4.23. The highest BCUT2D eigenvalue weighted by Gasteiger charge is 2.26. The average Bonchev–Trinajstić information content (AvgIpc) is 3.07. The van der Waals surface area contributed by atoms with Gasteiger partial charge in [0.25, 0.3) is 10.0 Å². The van der Waals surface area contributed by atoms with Crippen molar-refractivity contribution in [2.24, 2.45) is 0 Å². The number of ether oxygens (including phenoxy) is 2. The maximum atomic E-state index is 13.3. The lowest BCUT2D eigenvalue weighted by Crippen LogP contribution is -2.15.